The summed E-state index contributed by atoms with van der Waals surface area (Å²) in [5.41, 5.74) is 0. The third kappa shape index (κ3) is 0.644. The summed E-state index contributed by atoms with van der Waals surface area (Å²) in [4.78, 5) is 0. The van der Waals surface area contributed by atoms with E-state index in [4.69, 9.17) is 9.47 Å². The van der Waals surface area contributed by atoms with Crippen LogP contribution in [0.3, 0.4) is 0 Å². The Balaban J connectivity index is 1.93. The molecule has 0 aliphatic carbocycles. The molecule has 8 heavy (non-hydrogen) atoms. The zero-order chi connectivity index (χ0) is 5.56. The van der Waals surface area contributed by atoms with Crippen molar-refractivity contribution in [3.63, 3.8) is 0 Å². The first kappa shape index (κ1) is 4.77. The van der Waals surface area contributed by atoms with Gasteiger partial charge >= 0.3 is 0 Å². The van der Waals surface area contributed by atoms with E-state index >= 15 is 0 Å². The number of hydrogen-bond acceptors (Lipinski definition) is 2. The average Bonchev–Trinajstić information content (AvgIpc) is 2.43. The van der Waals surface area contributed by atoms with E-state index in [0.717, 1.165) is 13.0 Å². The normalized spacial score (nSPS) is 52.9. The maximum absolute atomic E-state index is 5.31. The Labute approximate surface area is 48.8 Å². The summed E-state index contributed by atoms with van der Waals surface area (Å²) in [6.45, 7) is 2.92. The van der Waals surface area contributed by atoms with Gasteiger partial charge in [-0.05, 0) is 6.92 Å². The van der Waals surface area contributed by atoms with Gasteiger partial charge < -0.3 is 9.47 Å². The van der Waals surface area contributed by atoms with Crippen LogP contribution in [0.2, 0.25) is 0 Å². The second-order valence-corrected chi connectivity index (χ2v) is 2.59. The number of hydrogen-bond donors (Lipinski definition) is 0. The van der Waals surface area contributed by atoms with Crippen LogP contribution in [0.1, 0.15) is 13.3 Å². The summed E-state index contributed by atoms with van der Waals surface area (Å²) in [5, 5.41) is 0. The highest BCUT2D eigenvalue weighted by molar-refractivity contribution is 4.89. The van der Waals surface area contributed by atoms with Crippen molar-refractivity contribution in [1.29, 1.82) is 0 Å². The van der Waals surface area contributed by atoms with Crippen LogP contribution < -0.4 is 0 Å². The second-order valence-electron chi connectivity index (χ2n) is 2.59. The minimum Gasteiger partial charge on any atom is -0.376 e. The van der Waals surface area contributed by atoms with Crippen LogP contribution in [0.15, 0.2) is 0 Å². The van der Waals surface area contributed by atoms with Crippen molar-refractivity contribution >= 4 is 0 Å². The lowest BCUT2D eigenvalue weighted by atomic mass is 10.1. The molecule has 0 radical (unpaired) electrons. The lowest BCUT2D eigenvalue weighted by Crippen LogP contribution is -2.21. The molecule has 2 rings (SSSR count). The summed E-state index contributed by atoms with van der Waals surface area (Å²) in [7, 11) is 0. The summed E-state index contributed by atoms with van der Waals surface area (Å²) in [5.74, 6) is 0. The van der Waals surface area contributed by atoms with Crippen molar-refractivity contribution in [3.05, 3.63) is 0 Å². The molecule has 0 N–H and O–H groups in total. The van der Waals surface area contributed by atoms with E-state index in [1.165, 1.54) is 0 Å². The first-order chi connectivity index (χ1) is 3.86. The van der Waals surface area contributed by atoms with Gasteiger partial charge in [-0.2, -0.15) is 0 Å². The van der Waals surface area contributed by atoms with Gasteiger partial charge in [-0.3, -0.25) is 0 Å². The molecule has 0 bridgehead atoms. The Bertz CT molecular complexity index is 103. The second kappa shape index (κ2) is 1.45. The minimum absolute atomic E-state index is 0.429. The first-order valence-corrected chi connectivity index (χ1v) is 3.13. The number of ether oxygens (including phenoxy) is 2. The van der Waals surface area contributed by atoms with Crippen LogP contribution in [0.4, 0.5) is 0 Å². The first-order valence-electron chi connectivity index (χ1n) is 3.13. The smallest absolute Gasteiger partial charge is 0.108 e. The molecular formula is C6H10O2. The molecule has 2 fully saturated rings. The predicted octanol–water partition coefficient (Wildman–Crippen LogP) is 0.563. The quantitative estimate of drug-likeness (QED) is 0.429. The molecular weight excluding hydrogens is 104 g/mol. The topological polar surface area (TPSA) is 21.8 Å². The summed E-state index contributed by atoms with van der Waals surface area (Å²) < 4.78 is 10.5. The Morgan fingerprint density at radius 1 is 1.38 bits per heavy atom. The van der Waals surface area contributed by atoms with E-state index in [-0.39, 0.29) is 0 Å². The minimum atomic E-state index is 0.429. The Hall–Kier alpha value is -0.0800. The van der Waals surface area contributed by atoms with Gasteiger partial charge in [0.05, 0.1) is 18.8 Å². The molecule has 2 nitrogen and oxygen atoms in total. The van der Waals surface area contributed by atoms with Crippen LogP contribution in [0, 0.1) is 0 Å². The summed E-state index contributed by atoms with van der Waals surface area (Å²) in [6.07, 6.45) is 2.55. The Morgan fingerprint density at radius 3 is 2.88 bits per heavy atom. The molecule has 0 aromatic rings. The van der Waals surface area contributed by atoms with E-state index in [9.17, 15) is 0 Å². The van der Waals surface area contributed by atoms with Crippen molar-refractivity contribution in [2.75, 3.05) is 6.61 Å². The van der Waals surface area contributed by atoms with Gasteiger partial charge in [-0.15, -0.1) is 0 Å². The molecule has 2 saturated heterocycles. The lowest BCUT2D eigenvalue weighted by molar-refractivity contribution is 0.0425. The van der Waals surface area contributed by atoms with Gasteiger partial charge in [0.2, 0.25) is 0 Å². The van der Waals surface area contributed by atoms with Gasteiger partial charge in [0, 0.05) is 6.42 Å². The monoisotopic (exact) mass is 114 g/mol. The summed E-state index contributed by atoms with van der Waals surface area (Å²) in [6, 6.07) is 0. The highest BCUT2D eigenvalue weighted by Crippen LogP contribution is 2.31. The van der Waals surface area contributed by atoms with E-state index in [1.54, 1.807) is 0 Å². The van der Waals surface area contributed by atoms with Gasteiger partial charge in [-0.25, -0.2) is 0 Å². The van der Waals surface area contributed by atoms with Crippen molar-refractivity contribution in [2.24, 2.45) is 0 Å². The number of epoxide rings is 1. The number of fused-ring (bicyclic) bond motifs is 1. The van der Waals surface area contributed by atoms with E-state index in [1.807, 2.05) is 0 Å². The van der Waals surface area contributed by atoms with Crippen LogP contribution in [-0.4, -0.2) is 24.9 Å². The van der Waals surface area contributed by atoms with E-state index in [2.05, 4.69) is 6.92 Å². The largest absolute Gasteiger partial charge is 0.376 e. The fraction of sp³-hybridized carbons (Fsp3) is 1.00. The van der Waals surface area contributed by atoms with Crippen molar-refractivity contribution in [2.45, 2.75) is 31.7 Å². The van der Waals surface area contributed by atoms with Gasteiger partial charge in [0.25, 0.3) is 0 Å². The van der Waals surface area contributed by atoms with Crippen molar-refractivity contribution in [3.8, 4) is 0 Å². The summed E-state index contributed by atoms with van der Waals surface area (Å²) >= 11 is 0. The molecule has 0 saturated carbocycles. The third-order valence-corrected chi connectivity index (χ3v) is 1.80. The maximum Gasteiger partial charge on any atom is 0.108 e. The maximum atomic E-state index is 5.31. The van der Waals surface area contributed by atoms with Crippen LogP contribution in [0.5, 0.6) is 0 Å². The Kier molecular flexibility index (Phi) is 0.866. The molecule has 2 aliphatic heterocycles. The molecule has 0 aromatic carbocycles. The fourth-order valence-corrected chi connectivity index (χ4v) is 1.19. The molecule has 2 heterocycles. The fourth-order valence-electron chi connectivity index (χ4n) is 1.19. The molecule has 2 aliphatic rings. The highest BCUT2D eigenvalue weighted by Gasteiger charge is 2.43. The molecule has 3 atom stereocenters. The van der Waals surface area contributed by atoms with Crippen LogP contribution >= 0.6 is 0 Å². The van der Waals surface area contributed by atoms with Crippen molar-refractivity contribution < 1.29 is 9.47 Å². The average molecular weight is 114 g/mol. The van der Waals surface area contributed by atoms with Crippen LogP contribution in [-0.2, 0) is 9.47 Å². The van der Waals surface area contributed by atoms with Gasteiger partial charge in [0.1, 0.15) is 6.10 Å². The molecule has 46 valence electrons. The Morgan fingerprint density at radius 2 is 2.25 bits per heavy atom. The van der Waals surface area contributed by atoms with Gasteiger partial charge in [-0.1, -0.05) is 0 Å². The van der Waals surface area contributed by atoms with E-state index in [0.29, 0.717) is 18.3 Å². The highest BCUT2D eigenvalue weighted by atomic mass is 16.6. The standard InChI is InChI=1S/C6H10O2/c1-4-2-5-6(8-5)3-7-4/h4-6H,2-3H2,1H3/t4-,5-,6-/m1/s1. The van der Waals surface area contributed by atoms with Crippen molar-refractivity contribution in [1.82, 2.24) is 0 Å². The predicted molar refractivity (Wildman–Crippen MR) is 28.7 cm³/mol. The molecule has 2 heteroatoms. The number of rotatable bonds is 0. The van der Waals surface area contributed by atoms with Crippen LogP contribution in [0.25, 0.3) is 0 Å². The zero-order valence-corrected chi connectivity index (χ0v) is 4.96. The molecule has 0 amide bonds. The van der Waals surface area contributed by atoms with E-state index < -0.39 is 0 Å². The third-order valence-electron chi connectivity index (χ3n) is 1.80. The lowest BCUT2D eigenvalue weighted by Gasteiger charge is -2.13. The zero-order valence-electron chi connectivity index (χ0n) is 4.96. The molecule has 0 unspecified atom stereocenters. The molecule has 0 aromatic heterocycles. The SMILES string of the molecule is C[C@@H]1C[C@H]2O[C@@H]2CO1. The van der Waals surface area contributed by atoms with Gasteiger partial charge in [0.15, 0.2) is 0 Å². The molecule has 0 spiro atoms.